The number of hydrogen-bond donors (Lipinski definition) is 1. The number of rotatable bonds is 4. The Hall–Kier alpha value is -0.730. The van der Waals surface area contributed by atoms with Crippen molar-refractivity contribution < 1.29 is 4.74 Å². The van der Waals surface area contributed by atoms with Crippen molar-refractivity contribution in [3.05, 3.63) is 29.3 Å². The molecule has 0 unspecified atom stereocenters. The van der Waals surface area contributed by atoms with Gasteiger partial charge in [-0.2, -0.15) is 0 Å². The van der Waals surface area contributed by atoms with Gasteiger partial charge in [-0.05, 0) is 36.3 Å². The van der Waals surface area contributed by atoms with Crippen molar-refractivity contribution in [3.63, 3.8) is 0 Å². The molecule has 1 aromatic carbocycles. The van der Waals surface area contributed by atoms with Crippen molar-refractivity contribution in [1.82, 2.24) is 0 Å². The minimum Gasteiger partial charge on any atom is -0.496 e. The van der Waals surface area contributed by atoms with Crippen LogP contribution in [0.25, 0.3) is 0 Å². The van der Waals surface area contributed by atoms with Gasteiger partial charge in [-0.3, -0.25) is 0 Å². The number of ether oxygens (including phenoxy) is 1. The first-order valence-electron chi connectivity index (χ1n) is 7.07. The Bertz CT molecular complexity index is 400. The van der Waals surface area contributed by atoms with Gasteiger partial charge in [0.15, 0.2) is 0 Å². The van der Waals surface area contributed by atoms with Crippen LogP contribution in [-0.4, -0.2) is 7.11 Å². The SMILES string of the molecule is COc1ccc(C(C)C)cc1[C@@H](N)C1CCCC1.Cl. The van der Waals surface area contributed by atoms with E-state index in [2.05, 4.69) is 32.0 Å². The van der Waals surface area contributed by atoms with Gasteiger partial charge in [-0.15, -0.1) is 12.4 Å². The van der Waals surface area contributed by atoms with Crippen molar-refractivity contribution in [2.45, 2.75) is 51.5 Å². The summed E-state index contributed by atoms with van der Waals surface area (Å²) in [6.45, 7) is 4.43. The molecule has 0 radical (unpaired) electrons. The van der Waals surface area contributed by atoms with Crippen molar-refractivity contribution >= 4 is 12.4 Å². The molecule has 0 amide bonds. The minimum absolute atomic E-state index is 0. The molecule has 0 aromatic heterocycles. The molecule has 0 aliphatic heterocycles. The maximum Gasteiger partial charge on any atom is 0.123 e. The average molecular weight is 284 g/mol. The summed E-state index contributed by atoms with van der Waals surface area (Å²) in [4.78, 5) is 0. The zero-order chi connectivity index (χ0) is 13.1. The van der Waals surface area contributed by atoms with Crippen LogP contribution in [-0.2, 0) is 0 Å². The Morgan fingerprint density at radius 2 is 1.84 bits per heavy atom. The summed E-state index contributed by atoms with van der Waals surface area (Å²) in [5.41, 5.74) is 9.00. The van der Waals surface area contributed by atoms with Crippen molar-refractivity contribution in [2.75, 3.05) is 7.11 Å². The molecule has 1 saturated carbocycles. The third kappa shape index (κ3) is 3.64. The highest BCUT2D eigenvalue weighted by atomic mass is 35.5. The molecule has 0 bridgehead atoms. The fourth-order valence-corrected chi connectivity index (χ4v) is 2.94. The van der Waals surface area contributed by atoms with E-state index < -0.39 is 0 Å². The van der Waals surface area contributed by atoms with E-state index in [1.807, 2.05) is 0 Å². The second kappa shape index (κ2) is 7.16. The van der Waals surface area contributed by atoms with Gasteiger partial charge in [-0.1, -0.05) is 38.8 Å². The van der Waals surface area contributed by atoms with Crippen LogP contribution in [0, 0.1) is 5.92 Å². The topological polar surface area (TPSA) is 35.2 Å². The van der Waals surface area contributed by atoms with Crippen LogP contribution in [0.4, 0.5) is 0 Å². The number of benzene rings is 1. The molecule has 108 valence electrons. The van der Waals surface area contributed by atoms with Gasteiger partial charge in [0, 0.05) is 11.6 Å². The van der Waals surface area contributed by atoms with E-state index in [4.69, 9.17) is 10.5 Å². The zero-order valence-electron chi connectivity index (χ0n) is 12.2. The van der Waals surface area contributed by atoms with Crippen LogP contribution in [0.5, 0.6) is 5.75 Å². The van der Waals surface area contributed by atoms with Gasteiger partial charge in [0.25, 0.3) is 0 Å². The third-order valence-electron chi connectivity index (χ3n) is 4.19. The van der Waals surface area contributed by atoms with E-state index in [9.17, 15) is 0 Å². The average Bonchev–Trinajstić information content (AvgIpc) is 2.90. The lowest BCUT2D eigenvalue weighted by molar-refractivity contribution is 0.385. The van der Waals surface area contributed by atoms with E-state index in [0.717, 1.165) is 5.75 Å². The van der Waals surface area contributed by atoms with Crippen molar-refractivity contribution in [2.24, 2.45) is 11.7 Å². The van der Waals surface area contributed by atoms with Gasteiger partial charge in [0.1, 0.15) is 5.75 Å². The Balaban J connectivity index is 0.00000180. The molecule has 0 saturated heterocycles. The van der Waals surface area contributed by atoms with Crippen LogP contribution in [0.1, 0.15) is 62.6 Å². The fourth-order valence-electron chi connectivity index (χ4n) is 2.94. The maximum absolute atomic E-state index is 6.47. The Labute approximate surface area is 123 Å². The first-order chi connectivity index (χ1) is 8.63. The summed E-state index contributed by atoms with van der Waals surface area (Å²) >= 11 is 0. The molecule has 2 nitrogen and oxygen atoms in total. The molecule has 3 heteroatoms. The molecular weight excluding hydrogens is 258 g/mol. The van der Waals surface area contributed by atoms with Crippen LogP contribution >= 0.6 is 12.4 Å². The van der Waals surface area contributed by atoms with Crippen LogP contribution in [0.15, 0.2) is 18.2 Å². The molecule has 0 heterocycles. The maximum atomic E-state index is 6.47. The number of methoxy groups -OCH3 is 1. The summed E-state index contributed by atoms with van der Waals surface area (Å²) in [5.74, 6) is 2.10. The summed E-state index contributed by atoms with van der Waals surface area (Å²) in [5, 5.41) is 0. The molecule has 1 atom stereocenters. The largest absolute Gasteiger partial charge is 0.496 e. The second-order valence-electron chi connectivity index (χ2n) is 5.73. The monoisotopic (exact) mass is 283 g/mol. The van der Waals surface area contributed by atoms with Gasteiger partial charge in [0.05, 0.1) is 7.11 Å². The quantitative estimate of drug-likeness (QED) is 0.887. The Morgan fingerprint density at radius 1 is 1.21 bits per heavy atom. The van der Waals surface area contributed by atoms with Gasteiger partial charge in [0.2, 0.25) is 0 Å². The molecule has 1 fully saturated rings. The normalized spacial score (nSPS) is 17.3. The molecule has 1 aromatic rings. The van der Waals surface area contributed by atoms with E-state index in [-0.39, 0.29) is 18.4 Å². The van der Waals surface area contributed by atoms with Gasteiger partial charge in [-0.25, -0.2) is 0 Å². The number of hydrogen-bond acceptors (Lipinski definition) is 2. The second-order valence-corrected chi connectivity index (χ2v) is 5.73. The minimum atomic E-state index is 0. The van der Waals surface area contributed by atoms with E-state index >= 15 is 0 Å². The van der Waals surface area contributed by atoms with Crippen LogP contribution < -0.4 is 10.5 Å². The van der Waals surface area contributed by atoms with Crippen molar-refractivity contribution in [3.8, 4) is 5.75 Å². The predicted octanol–water partition coefficient (Wildman–Crippen LogP) is 4.43. The summed E-state index contributed by atoms with van der Waals surface area (Å²) < 4.78 is 5.48. The first-order valence-corrected chi connectivity index (χ1v) is 7.07. The zero-order valence-corrected chi connectivity index (χ0v) is 13.0. The van der Waals surface area contributed by atoms with Crippen LogP contribution in [0.2, 0.25) is 0 Å². The molecule has 1 aliphatic rings. The number of halogens is 1. The highest BCUT2D eigenvalue weighted by Gasteiger charge is 2.25. The number of nitrogens with two attached hydrogens (primary N) is 1. The Morgan fingerprint density at radius 3 is 2.37 bits per heavy atom. The predicted molar refractivity (Wildman–Crippen MR) is 83.2 cm³/mol. The van der Waals surface area contributed by atoms with Gasteiger partial charge < -0.3 is 10.5 Å². The summed E-state index contributed by atoms with van der Waals surface area (Å²) in [7, 11) is 1.73. The van der Waals surface area contributed by atoms with Gasteiger partial charge >= 0.3 is 0 Å². The highest BCUT2D eigenvalue weighted by Crippen LogP contribution is 2.38. The van der Waals surface area contributed by atoms with Crippen LogP contribution in [0.3, 0.4) is 0 Å². The van der Waals surface area contributed by atoms with Crippen molar-refractivity contribution in [1.29, 1.82) is 0 Å². The summed E-state index contributed by atoms with van der Waals surface area (Å²) in [6.07, 6.45) is 5.17. The fraction of sp³-hybridized carbons (Fsp3) is 0.625. The lowest BCUT2D eigenvalue weighted by Crippen LogP contribution is -2.20. The molecule has 2 rings (SSSR count). The molecule has 1 aliphatic carbocycles. The highest BCUT2D eigenvalue weighted by molar-refractivity contribution is 5.85. The van der Waals surface area contributed by atoms with E-state index in [1.54, 1.807) is 7.11 Å². The third-order valence-corrected chi connectivity index (χ3v) is 4.19. The summed E-state index contributed by atoms with van der Waals surface area (Å²) in [6, 6.07) is 6.58. The first kappa shape index (κ1) is 16.3. The lowest BCUT2D eigenvalue weighted by Gasteiger charge is -2.22. The van der Waals surface area contributed by atoms with E-state index in [1.165, 1.54) is 36.8 Å². The Kier molecular flexibility index (Phi) is 6.15. The lowest BCUT2D eigenvalue weighted by atomic mass is 9.89. The molecule has 0 spiro atoms. The smallest absolute Gasteiger partial charge is 0.123 e. The molecule has 2 N–H and O–H groups in total. The standard InChI is InChI=1S/C16H25NO.ClH/c1-11(2)13-8-9-15(18-3)14(10-13)16(17)12-6-4-5-7-12;/h8-12,16H,4-7,17H2,1-3H3;1H/t16-;/m0./s1. The molecule has 19 heavy (non-hydrogen) atoms. The molecular formula is C16H26ClNO. The van der Waals surface area contributed by atoms with E-state index in [0.29, 0.717) is 11.8 Å².